The topological polar surface area (TPSA) is 93.1 Å². The van der Waals surface area contributed by atoms with Crippen LogP contribution >= 0.6 is 11.8 Å². The van der Waals surface area contributed by atoms with E-state index in [9.17, 15) is 19.8 Å². The average molecular weight is 390 g/mol. The molecule has 0 heterocycles. The Morgan fingerprint density at radius 1 is 0.815 bits per heavy atom. The molecule has 7 heteroatoms. The summed E-state index contributed by atoms with van der Waals surface area (Å²) < 4.78 is 11.4. The first-order chi connectivity index (χ1) is 13.0. The quantitative estimate of drug-likeness (QED) is 0.601. The van der Waals surface area contributed by atoms with Crippen molar-refractivity contribution in [1.82, 2.24) is 0 Å². The second kappa shape index (κ2) is 9.87. The van der Waals surface area contributed by atoms with Gasteiger partial charge in [-0.3, -0.25) is 0 Å². The van der Waals surface area contributed by atoms with Crippen molar-refractivity contribution in [1.29, 1.82) is 0 Å². The van der Waals surface area contributed by atoms with Gasteiger partial charge < -0.3 is 19.7 Å². The highest BCUT2D eigenvalue weighted by atomic mass is 32.2. The van der Waals surface area contributed by atoms with Crippen molar-refractivity contribution < 1.29 is 29.3 Å². The maximum atomic E-state index is 11.3. The number of ether oxygens (including phenoxy) is 2. The van der Waals surface area contributed by atoms with Crippen LogP contribution in [0.25, 0.3) is 0 Å². The van der Waals surface area contributed by atoms with E-state index in [0.717, 1.165) is 12.8 Å². The van der Waals surface area contributed by atoms with Crippen LogP contribution in [0.5, 0.6) is 11.5 Å². The Morgan fingerprint density at radius 2 is 1.22 bits per heavy atom. The number of rotatable bonds is 10. The van der Waals surface area contributed by atoms with Crippen LogP contribution in [0.2, 0.25) is 0 Å². The molecular weight excluding hydrogens is 368 g/mol. The molecule has 0 amide bonds. The van der Waals surface area contributed by atoms with Crippen LogP contribution in [-0.4, -0.2) is 35.4 Å². The molecule has 0 radical (unpaired) electrons. The van der Waals surface area contributed by atoms with Gasteiger partial charge in [-0.15, -0.1) is 0 Å². The number of hydrogen-bond acceptors (Lipinski definition) is 5. The van der Waals surface area contributed by atoms with E-state index < -0.39 is 11.9 Å². The molecule has 0 fully saturated rings. The van der Waals surface area contributed by atoms with Gasteiger partial charge in [0.1, 0.15) is 11.5 Å². The Hall–Kier alpha value is -2.67. The summed E-state index contributed by atoms with van der Waals surface area (Å²) in [6, 6.07) is 9.26. The number of benzene rings is 2. The summed E-state index contributed by atoms with van der Waals surface area (Å²) >= 11 is 1.23. The van der Waals surface area contributed by atoms with Gasteiger partial charge in [-0.1, -0.05) is 25.6 Å². The van der Waals surface area contributed by atoms with Crippen molar-refractivity contribution in [3.63, 3.8) is 0 Å². The zero-order chi connectivity index (χ0) is 19.8. The van der Waals surface area contributed by atoms with Gasteiger partial charge in [-0.2, -0.15) is 0 Å². The Morgan fingerprint density at radius 3 is 1.56 bits per heavy atom. The number of aromatic carboxylic acids is 2. The van der Waals surface area contributed by atoms with Gasteiger partial charge in [0, 0.05) is 0 Å². The van der Waals surface area contributed by atoms with E-state index in [0.29, 0.717) is 34.5 Å². The van der Waals surface area contributed by atoms with Crippen LogP contribution in [0.4, 0.5) is 0 Å². The third-order valence-electron chi connectivity index (χ3n) is 3.52. The van der Waals surface area contributed by atoms with Gasteiger partial charge in [0.2, 0.25) is 0 Å². The average Bonchev–Trinajstić information content (AvgIpc) is 2.65. The summed E-state index contributed by atoms with van der Waals surface area (Å²) in [4.78, 5) is 23.8. The lowest BCUT2D eigenvalue weighted by Crippen LogP contribution is -2.02. The summed E-state index contributed by atoms with van der Waals surface area (Å²) in [6.45, 7) is 4.94. The molecule has 2 aromatic rings. The maximum Gasteiger partial charge on any atom is 0.335 e. The molecule has 0 aromatic heterocycles. The van der Waals surface area contributed by atoms with Gasteiger partial charge in [-0.25, -0.2) is 9.59 Å². The largest absolute Gasteiger partial charge is 0.492 e. The van der Waals surface area contributed by atoms with E-state index in [1.807, 2.05) is 13.8 Å². The van der Waals surface area contributed by atoms with Crippen molar-refractivity contribution in [2.45, 2.75) is 36.5 Å². The summed E-state index contributed by atoms with van der Waals surface area (Å²) in [5, 5.41) is 18.6. The molecular formula is C20H22O6S. The van der Waals surface area contributed by atoms with Crippen LogP contribution in [0.15, 0.2) is 46.2 Å². The van der Waals surface area contributed by atoms with E-state index in [2.05, 4.69) is 0 Å². The molecule has 2 N–H and O–H groups in total. The van der Waals surface area contributed by atoms with Crippen LogP contribution < -0.4 is 9.47 Å². The zero-order valence-electron chi connectivity index (χ0n) is 15.2. The number of carboxylic acids is 2. The molecule has 0 aliphatic carbocycles. The zero-order valence-corrected chi connectivity index (χ0v) is 16.0. The second-order valence-electron chi connectivity index (χ2n) is 5.73. The van der Waals surface area contributed by atoms with Crippen molar-refractivity contribution in [2.24, 2.45) is 0 Å². The molecule has 6 nitrogen and oxygen atoms in total. The summed E-state index contributed by atoms with van der Waals surface area (Å²) in [5.74, 6) is -0.982. The number of carbonyl (C=O) groups is 2. The number of carboxylic acid groups (broad SMARTS) is 2. The lowest BCUT2D eigenvalue weighted by Gasteiger charge is -2.15. The normalized spacial score (nSPS) is 10.4. The van der Waals surface area contributed by atoms with Crippen molar-refractivity contribution >= 4 is 23.7 Å². The molecule has 0 unspecified atom stereocenters. The molecule has 0 aliphatic heterocycles. The molecule has 0 aliphatic rings. The van der Waals surface area contributed by atoms with E-state index in [1.165, 1.54) is 36.0 Å². The molecule has 2 rings (SSSR count). The first-order valence-electron chi connectivity index (χ1n) is 8.64. The van der Waals surface area contributed by atoms with Gasteiger partial charge in [0.05, 0.1) is 34.1 Å². The highest BCUT2D eigenvalue weighted by Gasteiger charge is 2.16. The highest BCUT2D eigenvalue weighted by Crippen LogP contribution is 2.40. The Bertz CT molecular complexity index is 751. The van der Waals surface area contributed by atoms with Crippen molar-refractivity contribution in [2.75, 3.05) is 13.2 Å². The van der Waals surface area contributed by atoms with E-state index >= 15 is 0 Å². The van der Waals surface area contributed by atoms with Gasteiger partial charge in [-0.05, 0) is 49.2 Å². The minimum absolute atomic E-state index is 0.131. The molecule has 2 aromatic carbocycles. The molecule has 0 saturated heterocycles. The Labute approximate surface area is 162 Å². The van der Waals surface area contributed by atoms with Crippen LogP contribution in [0.3, 0.4) is 0 Å². The fourth-order valence-electron chi connectivity index (χ4n) is 2.22. The standard InChI is InChI=1S/C20H22O6S/c1-3-9-25-15-7-5-13(19(21)22)11-17(15)27-18-12-14(20(23)24)6-8-16(18)26-10-4-2/h5-8,11-12H,3-4,9-10H2,1-2H3,(H,21,22)(H,23,24). The number of hydrogen-bond donors (Lipinski definition) is 2. The second-order valence-corrected chi connectivity index (χ2v) is 6.82. The first-order valence-corrected chi connectivity index (χ1v) is 9.46. The van der Waals surface area contributed by atoms with Gasteiger partial charge >= 0.3 is 11.9 Å². The molecule has 27 heavy (non-hydrogen) atoms. The first kappa shape index (κ1) is 20.6. The Balaban J connectivity index is 2.45. The summed E-state index contributed by atoms with van der Waals surface area (Å²) in [7, 11) is 0. The van der Waals surface area contributed by atoms with Gasteiger partial charge in [0.25, 0.3) is 0 Å². The fraction of sp³-hybridized carbons (Fsp3) is 0.300. The van der Waals surface area contributed by atoms with Gasteiger partial charge in [0.15, 0.2) is 0 Å². The maximum absolute atomic E-state index is 11.3. The molecule has 0 bridgehead atoms. The monoisotopic (exact) mass is 390 g/mol. The minimum Gasteiger partial charge on any atom is -0.492 e. The predicted octanol–water partition coefficient (Wildman–Crippen LogP) is 4.81. The van der Waals surface area contributed by atoms with Crippen molar-refractivity contribution in [3.05, 3.63) is 47.5 Å². The highest BCUT2D eigenvalue weighted by molar-refractivity contribution is 7.99. The third-order valence-corrected chi connectivity index (χ3v) is 4.60. The fourth-order valence-corrected chi connectivity index (χ4v) is 3.29. The summed E-state index contributed by atoms with van der Waals surface area (Å²) in [6.07, 6.45) is 1.62. The van der Waals surface area contributed by atoms with Crippen LogP contribution in [0, 0.1) is 0 Å². The molecule has 0 saturated carbocycles. The third kappa shape index (κ3) is 5.65. The van der Waals surface area contributed by atoms with Crippen LogP contribution in [0.1, 0.15) is 47.4 Å². The lowest BCUT2D eigenvalue weighted by molar-refractivity contribution is 0.0685. The SMILES string of the molecule is CCCOc1ccc(C(=O)O)cc1Sc1cc(C(=O)O)ccc1OCCC. The van der Waals surface area contributed by atoms with E-state index in [-0.39, 0.29) is 11.1 Å². The molecule has 144 valence electrons. The smallest absolute Gasteiger partial charge is 0.335 e. The molecule has 0 spiro atoms. The van der Waals surface area contributed by atoms with E-state index in [1.54, 1.807) is 12.1 Å². The van der Waals surface area contributed by atoms with E-state index in [4.69, 9.17) is 9.47 Å². The Kier molecular flexibility index (Phi) is 7.55. The summed E-state index contributed by atoms with van der Waals surface area (Å²) in [5.41, 5.74) is 0.263. The van der Waals surface area contributed by atoms with Crippen molar-refractivity contribution in [3.8, 4) is 11.5 Å². The predicted molar refractivity (Wildman–Crippen MR) is 102 cm³/mol. The lowest BCUT2D eigenvalue weighted by atomic mass is 10.2. The van der Waals surface area contributed by atoms with Crippen LogP contribution in [-0.2, 0) is 0 Å². The minimum atomic E-state index is -1.04. The molecule has 0 atom stereocenters.